The molecule has 4 nitrogen and oxygen atoms in total. The minimum Gasteiger partial charge on any atom is -0.481 e. The minimum absolute atomic E-state index is 0.0908. The number of carbonyl (C=O) groups excluding carboxylic acids is 1. The molecule has 1 saturated heterocycles. The molecule has 1 heterocycles. The van der Waals surface area contributed by atoms with Gasteiger partial charge in [-0.3, -0.25) is 9.59 Å². The van der Waals surface area contributed by atoms with E-state index in [0.29, 0.717) is 25.9 Å². The first-order valence-electron chi connectivity index (χ1n) is 7.62. The van der Waals surface area contributed by atoms with Gasteiger partial charge >= 0.3 is 5.97 Å². The van der Waals surface area contributed by atoms with Crippen molar-refractivity contribution in [3.63, 3.8) is 0 Å². The quantitative estimate of drug-likeness (QED) is 0.906. The molecule has 0 aromatic heterocycles. The van der Waals surface area contributed by atoms with E-state index >= 15 is 0 Å². The average Bonchev–Trinajstić information content (AvgIpc) is 2.49. The van der Waals surface area contributed by atoms with Gasteiger partial charge in [0.25, 0.3) is 0 Å². The van der Waals surface area contributed by atoms with Crippen LogP contribution in [0.15, 0.2) is 24.3 Å². The fourth-order valence-corrected chi connectivity index (χ4v) is 2.76. The molecule has 0 aliphatic carbocycles. The van der Waals surface area contributed by atoms with Gasteiger partial charge in [-0.15, -0.1) is 0 Å². The molecule has 1 amide bonds. The van der Waals surface area contributed by atoms with Crippen molar-refractivity contribution in [1.82, 2.24) is 4.90 Å². The van der Waals surface area contributed by atoms with Crippen LogP contribution in [0.3, 0.4) is 0 Å². The number of aliphatic carboxylic acids is 1. The van der Waals surface area contributed by atoms with Crippen molar-refractivity contribution in [3.05, 3.63) is 35.4 Å². The van der Waals surface area contributed by atoms with Crippen LogP contribution in [0.4, 0.5) is 0 Å². The molecule has 2 rings (SSSR count). The maximum atomic E-state index is 12.1. The van der Waals surface area contributed by atoms with Gasteiger partial charge in [-0.05, 0) is 38.2 Å². The molecule has 0 bridgehead atoms. The molecule has 0 radical (unpaired) electrons. The molecular weight excluding hydrogens is 266 g/mol. The van der Waals surface area contributed by atoms with Gasteiger partial charge in [0.2, 0.25) is 5.91 Å². The highest BCUT2D eigenvalue weighted by Gasteiger charge is 2.27. The zero-order valence-electron chi connectivity index (χ0n) is 12.5. The maximum Gasteiger partial charge on any atom is 0.308 e. The fraction of sp³-hybridized carbons (Fsp3) is 0.529. The Balaban J connectivity index is 1.76. The van der Waals surface area contributed by atoms with Crippen molar-refractivity contribution in [2.75, 3.05) is 13.1 Å². The van der Waals surface area contributed by atoms with E-state index in [4.69, 9.17) is 5.11 Å². The van der Waals surface area contributed by atoms with Crippen molar-refractivity contribution in [1.29, 1.82) is 0 Å². The van der Waals surface area contributed by atoms with Crippen LogP contribution in [0.2, 0.25) is 0 Å². The standard InChI is InChI=1S/C17H23NO3/c1-13-7-9-14(10-8-13)4-2-6-16(19)18-11-3-5-15(12-18)17(20)21/h7-10,15H,2-6,11-12H2,1H3,(H,20,21)/t15-/m1/s1. The van der Waals surface area contributed by atoms with Gasteiger partial charge in [-0.1, -0.05) is 29.8 Å². The Morgan fingerprint density at radius 3 is 2.67 bits per heavy atom. The molecule has 0 unspecified atom stereocenters. The Hall–Kier alpha value is -1.84. The molecule has 0 saturated carbocycles. The number of hydrogen-bond donors (Lipinski definition) is 1. The number of benzene rings is 1. The Morgan fingerprint density at radius 2 is 2.00 bits per heavy atom. The third-order valence-corrected chi connectivity index (χ3v) is 4.10. The molecule has 1 aromatic rings. The van der Waals surface area contributed by atoms with Crippen LogP contribution in [0.25, 0.3) is 0 Å². The second kappa shape index (κ2) is 7.25. The van der Waals surface area contributed by atoms with Crippen LogP contribution in [-0.2, 0) is 16.0 Å². The number of aryl methyl sites for hydroxylation is 2. The fourth-order valence-electron chi connectivity index (χ4n) is 2.76. The molecule has 1 aliphatic heterocycles. The van der Waals surface area contributed by atoms with Crippen LogP contribution in [0.5, 0.6) is 0 Å². The number of rotatable bonds is 5. The Labute approximate surface area is 125 Å². The lowest BCUT2D eigenvalue weighted by Crippen LogP contribution is -2.42. The van der Waals surface area contributed by atoms with Crippen LogP contribution < -0.4 is 0 Å². The number of carbonyl (C=O) groups is 2. The highest BCUT2D eigenvalue weighted by Crippen LogP contribution is 2.18. The molecule has 4 heteroatoms. The van der Waals surface area contributed by atoms with Crippen LogP contribution in [0, 0.1) is 12.8 Å². The van der Waals surface area contributed by atoms with Crippen LogP contribution in [-0.4, -0.2) is 35.0 Å². The highest BCUT2D eigenvalue weighted by atomic mass is 16.4. The zero-order chi connectivity index (χ0) is 15.2. The second-order valence-corrected chi connectivity index (χ2v) is 5.86. The average molecular weight is 289 g/mol. The molecule has 1 fully saturated rings. The van der Waals surface area contributed by atoms with E-state index < -0.39 is 5.97 Å². The second-order valence-electron chi connectivity index (χ2n) is 5.86. The lowest BCUT2D eigenvalue weighted by atomic mass is 9.97. The zero-order valence-corrected chi connectivity index (χ0v) is 12.5. The molecule has 1 N–H and O–H groups in total. The molecule has 1 atom stereocenters. The number of hydrogen-bond acceptors (Lipinski definition) is 2. The monoisotopic (exact) mass is 289 g/mol. The summed E-state index contributed by atoms with van der Waals surface area (Å²) in [5.41, 5.74) is 2.48. The third-order valence-electron chi connectivity index (χ3n) is 4.10. The number of piperidine rings is 1. The summed E-state index contributed by atoms with van der Waals surface area (Å²) < 4.78 is 0. The lowest BCUT2D eigenvalue weighted by Gasteiger charge is -2.30. The van der Waals surface area contributed by atoms with E-state index in [2.05, 4.69) is 31.2 Å². The van der Waals surface area contributed by atoms with Gasteiger partial charge < -0.3 is 10.0 Å². The SMILES string of the molecule is Cc1ccc(CCCC(=O)N2CCC[C@@H](C(=O)O)C2)cc1. The molecule has 114 valence electrons. The summed E-state index contributed by atoms with van der Waals surface area (Å²) in [6.07, 6.45) is 3.68. The predicted octanol–water partition coefficient (Wildman–Crippen LogP) is 2.64. The molecule has 1 aromatic carbocycles. The summed E-state index contributed by atoms with van der Waals surface area (Å²) in [6.45, 7) is 3.13. The Morgan fingerprint density at radius 1 is 1.29 bits per heavy atom. The first kappa shape index (κ1) is 15.5. The number of carboxylic acid groups (broad SMARTS) is 1. The topological polar surface area (TPSA) is 57.6 Å². The highest BCUT2D eigenvalue weighted by molar-refractivity contribution is 5.78. The van der Waals surface area contributed by atoms with E-state index in [1.807, 2.05) is 0 Å². The Bertz CT molecular complexity index is 495. The first-order chi connectivity index (χ1) is 10.1. The van der Waals surface area contributed by atoms with Gasteiger partial charge in [0.05, 0.1) is 5.92 Å². The molecule has 21 heavy (non-hydrogen) atoms. The summed E-state index contributed by atoms with van der Waals surface area (Å²) in [6, 6.07) is 8.36. The summed E-state index contributed by atoms with van der Waals surface area (Å²) in [4.78, 5) is 24.9. The van der Waals surface area contributed by atoms with Crippen LogP contribution >= 0.6 is 0 Å². The first-order valence-corrected chi connectivity index (χ1v) is 7.62. The summed E-state index contributed by atoms with van der Waals surface area (Å²) in [5, 5.41) is 9.05. The number of carboxylic acids is 1. The van der Waals surface area contributed by atoms with E-state index in [1.165, 1.54) is 11.1 Å². The number of likely N-dealkylation sites (tertiary alicyclic amines) is 1. The minimum atomic E-state index is -0.785. The molecule has 0 spiro atoms. The van der Waals surface area contributed by atoms with E-state index in [1.54, 1.807) is 4.90 Å². The van der Waals surface area contributed by atoms with E-state index in [-0.39, 0.29) is 11.8 Å². The van der Waals surface area contributed by atoms with Gasteiger partial charge in [-0.25, -0.2) is 0 Å². The van der Waals surface area contributed by atoms with Crippen LogP contribution in [0.1, 0.15) is 36.8 Å². The largest absolute Gasteiger partial charge is 0.481 e. The normalized spacial score (nSPS) is 18.5. The van der Waals surface area contributed by atoms with Gasteiger partial charge in [0, 0.05) is 19.5 Å². The van der Waals surface area contributed by atoms with Gasteiger partial charge in [0.1, 0.15) is 0 Å². The lowest BCUT2D eigenvalue weighted by molar-refractivity contribution is -0.145. The smallest absolute Gasteiger partial charge is 0.308 e. The third kappa shape index (κ3) is 4.59. The molecule has 1 aliphatic rings. The Kier molecular flexibility index (Phi) is 5.37. The van der Waals surface area contributed by atoms with Crippen molar-refractivity contribution in [2.24, 2.45) is 5.92 Å². The molecular formula is C17H23NO3. The van der Waals surface area contributed by atoms with Crippen molar-refractivity contribution in [2.45, 2.75) is 39.0 Å². The van der Waals surface area contributed by atoms with Gasteiger partial charge in [0.15, 0.2) is 0 Å². The van der Waals surface area contributed by atoms with Gasteiger partial charge in [-0.2, -0.15) is 0 Å². The van der Waals surface area contributed by atoms with E-state index in [9.17, 15) is 9.59 Å². The number of amides is 1. The summed E-state index contributed by atoms with van der Waals surface area (Å²) in [5.74, 6) is -1.08. The summed E-state index contributed by atoms with van der Waals surface area (Å²) in [7, 11) is 0. The van der Waals surface area contributed by atoms with E-state index in [0.717, 1.165) is 19.3 Å². The predicted molar refractivity (Wildman–Crippen MR) is 81.1 cm³/mol. The van der Waals surface area contributed by atoms with Crippen molar-refractivity contribution >= 4 is 11.9 Å². The van der Waals surface area contributed by atoms with Crippen molar-refractivity contribution < 1.29 is 14.7 Å². The van der Waals surface area contributed by atoms with Crippen molar-refractivity contribution in [3.8, 4) is 0 Å². The number of nitrogens with zero attached hydrogens (tertiary/aromatic N) is 1. The maximum absolute atomic E-state index is 12.1. The summed E-state index contributed by atoms with van der Waals surface area (Å²) >= 11 is 0.